The summed E-state index contributed by atoms with van der Waals surface area (Å²) >= 11 is 1.38. The average Bonchev–Trinajstić information content (AvgIpc) is 3.15. The average molecular weight is 389 g/mol. The van der Waals surface area contributed by atoms with E-state index < -0.39 is 0 Å². The van der Waals surface area contributed by atoms with Crippen LogP contribution in [0.1, 0.15) is 6.92 Å². The molecule has 28 heavy (non-hydrogen) atoms. The molecule has 0 aliphatic heterocycles. The molecule has 1 atom stereocenters. The fourth-order valence-electron chi connectivity index (χ4n) is 3.13. The summed E-state index contributed by atoms with van der Waals surface area (Å²) in [7, 11) is 1.40. The minimum Gasteiger partial charge on any atom is -0.468 e. The van der Waals surface area contributed by atoms with Gasteiger partial charge in [-0.25, -0.2) is 9.97 Å². The molecule has 6 heteroatoms. The van der Waals surface area contributed by atoms with Crippen molar-refractivity contribution in [2.24, 2.45) is 0 Å². The lowest BCUT2D eigenvalue weighted by Crippen LogP contribution is -2.14. The maximum absolute atomic E-state index is 11.9. The second-order valence-electron chi connectivity index (χ2n) is 6.28. The van der Waals surface area contributed by atoms with E-state index in [0.29, 0.717) is 0 Å². The predicted octanol–water partition coefficient (Wildman–Crippen LogP) is 4.74. The molecule has 0 aliphatic carbocycles. The van der Waals surface area contributed by atoms with E-state index in [1.165, 1.54) is 18.9 Å². The van der Waals surface area contributed by atoms with Crippen LogP contribution < -0.4 is 0 Å². The number of methoxy groups -OCH3 is 1. The van der Waals surface area contributed by atoms with Crippen LogP contribution in [-0.4, -0.2) is 32.9 Å². The number of esters is 1. The van der Waals surface area contributed by atoms with Crippen molar-refractivity contribution >= 4 is 28.8 Å². The summed E-state index contributed by atoms with van der Waals surface area (Å²) < 4.78 is 6.94. The number of hydrogen-bond acceptors (Lipinski definition) is 5. The monoisotopic (exact) mass is 389 g/mol. The molecule has 4 aromatic rings. The Labute approximate surface area is 167 Å². The summed E-state index contributed by atoms with van der Waals surface area (Å²) in [5.41, 5.74) is 3.93. The van der Waals surface area contributed by atoms with Crippen molar-refractivity contribution in [2.45, 2.75) is 17.2 Å². The van der Waals surface area contributed by atoms with Crippen LogP contribution in [0.2, 0.25) is 0 Å². The normalized spacial score (nSPS) is 12.1. The van der Waals surface area contributed by atoms with Gasteiger partial charge in [0.2, 0.25) is 0 Å². The molecule has 0 fully saturated rings. The van der Waals surface area contributed by atoms with Gasteiger partial charge < -0.3 is 9.30 Å². The maximum Gasteiger partial charge on any atom is 0.318 e. The molecule has 0 unspecified atom stereocenters. The Morgan fingerprint density at radius 3 is 2.39 bits per heavy atom. The lowest BCUT2D eigenvalue weighted by atomic mass is 10.1. The fraction of sp³-hybridized carbons (Fsp3) is 0.136. The van der Waals surface area contributed by atoms with E-state index in [2.05, 4.69) is 32.9 Å². The zero-order valence-corrected chi connectivity index (χ0v) is 16.4. The highest BCUT2D eigenvalue weighted by molar-refractivity contribution is 8.00. The van der Waals surface area contributed by atoms with Gasteiger partial charge in [-0.15, -0.1) is 0 Å². The molecule has 0 bridgehead atoms. The molecule has 0 saturated heterocycles. The van der Waals surface area contributed by atoms with Crippen LogP contribution in [0.5, 0.6) is 0 Å². The highest BCUT2D eigenvalue weighted by Crippen LogP contribution is 2.38. The van der Waals surface area contributed by atoms with Gasteiger partial charge in [0.05, 0.1) is 12.5 Å². The zero-order valence-electron chi connectivity index (χ0n) is 15.6. The molecule has 0 spiro atoms. The number of carbonyl (C=O) groups is 1. The summed E-state index contributed by atoms with van der Waals surface area (Å²) in [6.45, 7) is 1.82. The van der Waals surface area contributed by atoms with Crippen molar-refractivity contribution in [3.05, 3.63) is 73.2 Å². The molecule has 0 saturated carbocycles. The Balaban J connectivity index is 1.94. The Kier molecular flexibility index (Phi) is 5.12. The third kappa shape index (κ3) is 3.39. The summed E-state index contributed by atoms with van der Waals surface area (Å²) in [6.07, 6.45) is 3.62. The van der Waals surface area contributed by atoms with E-state index in [1.54, 1.807) is 6.33 Å². The molecule has 0 amide bonds. The quantitative estimate of drug-likeness (QED) is 0.280. The first-order valence-corrected chi connectivity index (χ1v) is 9.78. The van der Waals surface area contributed by atoms with Crippen LogP contribution in [0.15, 0.2) is 78.2 Å². The first-order valence-electron chi connectivity index (χ1n) is 8.90. The number of thioether (sulfide) groups is 1. The minimum absolute atomic E-state index is 0.277. The van der Waals surface area contributed by atoms with Gasteiger partial charge in [0.25, 0.3) is 0 Å². The van der Waals surface area contributed by atoms with Crippen LogP contribution in [0.25, 0.3) is 27.8 Å². The molecule has 2 aromatic heterocycles. The van der Waals surface area contributed by atoms with Gasteiger partial charge in [0.1, 0.15) is 22.3 Å². The van der Waals surface area contributed by atoms with Crippen molar-refractivity contribution in [1.82, 2.24) is 14.5 Å². The van der Waals surface area contributed by atoms with Gasteiger partial charge in [-0.2, -0.15) is 0 Å². The van der Waals surface area contributed by atoms with Gasteiger partial charge in [0.15, 0.2) is 0 Å². The van der Waals surface area contributed by atoms with E-state index in [1.807, 2.05) is 55.5 Å². The molecule has 0 radical (unpaired) electrons. The Hall–Kier alpha value is -3.12. The lowest BCUT2D eigenvalue weighted by molar-refractivity contribution is -0.139. The molecule has 140 valence electrons. The van der Waals surface area contributed by atoms with E-state index in [4.69, 9.17) is 4.74 Å². The van der Waals surface area contributed by atoms with Crippen LogP contribution >= 0.6 is 11.8 Å². The molecule has 0 aliphatic rings. The van der Waals surface area contributed by atoms with Gasteiger partial charge in [-0.3, -0.25) is 4.79 Å². The predicted molar refractivity (Wildman–Crippen MR) is 112 cm³/mol. The van der Waals surface area contributed by atoms with Crippen LogP contribution in [-0.2, 0) is 9.53 Å². The first kappa shape index (κ1) is 18.3. The minimum atomic E-state index is -0.369. The number of ether oxygens (including phenoxy) is 1. The molecular formula is C22H19N3O2S. The number of benzene rings is 2. The SMILES string of the molecule is COC(=O)[C@@H](C)Sc1ncnc2c1c(-c1ccccc1)cn2-c1ccccc1. The van der Waals surface area contributed by atoms with Crippen LogP contribution in [0.3, 0.4) is 0 Å². The lowest BCUT2D eigenvalue weighted by Gasteiger charge is -2.10. The smallest absolute Gasteiger partial charge is 0.318 e. The second-order valence-corrected chi connectivity index (χ2v) is 7.60. The van der Waals surface area contributed by atoms with Crippen molar-refractivity contribution in [3.63, 3.8) is 0 Å². The third-order valence-corrected chi connectivity index (χ3v) is 5.57. The number of aromatic nitrogens is 3. The topological polar surface area (TPSA) is 57.0 Å². The van der Waals surface area contributed by atoms with E-state index >= 15 is 0 Å². The fourth-order valence-corrected chi connectivity index (χ4v) is 4.08. The largest absolute Gasteiger partial charge is 0.468 e. The third-order valence-electron chi connectivity index (χ3n) is 4.49. The van der Waals surface area contributed by atoms with Gasteiger partial charge >= 0.3 is 5.97 Å². The number of rotatable bonds is 5. The van der Waals surface area contributed by atoms with Crippen molar-refractivity contribution in [3.8, 4) is 16.8 Å². The Bertz CT molecular complexity index is 1110. The summed E-state index contributed by atoms with van der Waals surface area (Å²) in [5, 5.41) is 1.32. The van der Waals surface area contributed by atoms with Crippen LogP contribution in [0.4, 0.5) is 0 Å². The standard InChI is InChI=1S/C22H19N3O2S/c1-15(22(26)27-2)28-21-19-18(16-9-5-3-6-10-16)13-25(20(19)23-14-24-21)17-11-7-4-8-12-17/h3-15H,1-2H3/t15-/m1/s1. The van der Waals surface area contributed by atoms with Gasteiger partial charge in [-0.05, 0) is 24.6 Å². The Morgan fingerprint density at radius 2 is 1.71 bits per heavy atom. The first-order chi connectivity index (χ1) is 13.7. The van der Waals surface area contributed by atoms with Crippen molar-refractivity contribution in [2.75, 3.05) is 7.11 Å². The second kappa shape index (κ2) is 7.86. The number of hydrogen-bond donors (Lipinski definition) is 0. The molecule has 5 nitrogen and oxygen atoms in total. The molecule has 2 aromatic carbocycles. The molecule has 2 heterocycles. The van der Waals surface area contributed by atoms with E-state index in [-0.39, 0.29) is 11.2 Å². The summed E-state index contributed by atoms with van der Waals surface area (Å²) in [4.78, 5) is 21.0. The number of para-hydroxylation sites is 1. The van der Waals surface area contributed by atoms with E-state index in [0.717, 1.165) is 32.9 Å². The highest BCUT2D eigenvalue weighted by atomic mass is 32.2. The Morgan fingerprint density at radius 1 is 1.04 bits per heavy atom. The molecular weight excluding hydrogens is 370 g/mol. The number of nitrogens with zero attached hydrogens (tertiary/aromatic N) is 3. The van der Waals surface area contributed by atoms with Gasteiger partial charge in [-0.1, -0.05) is 60.3 Å². The van der Waals surface area contributed by atoms with Crippen molar-refractivity contribution < 1.29 is 9.53 Å². The summed E-state index contributed by atoms with van der Waals surface area (Å²) in [6, 6.07) is 20.2. The molecule has 0 N–H and O–H groups in total. The number of carbonyl (C=O) groups excluding carboxylic acids is 1. The zero-order chi connectivity index (χ0) is 19.5. The highest BCUT2D eigenvalue weighted by Gasteiger charge is 2.22. The summed E-state index contributed by atoms with van der Waals surface area (Å²) in [5.74, 6) is -0.277. The molecule has 4 rings (SSSR count). The maximum atomic E-state index is 11.9. The van der Waals surface area contributed by atoms with Crippen LogP contribution in [0, 0.1) is 0 Å². The van der Waals surface area contributed by atoms with E-state index in [9.17, 15) is 4.79 Å². The van der Waals surface area contributed by atoms with Gasteiger partial charge in [0, 0.05) is 17.4 Å². The number of fused-ring (bicyclic) bond motifs is 1. The van der Waals surface area contributed by atoms with Crippen molar-refractivity contribution in [1.29, 1.82) is 0 Å².